The van der Waals surface area contributed by atoms with E-state index in [0.29, 0.717) is 23.8 Å². The summed E-state index contributed by atoms with van der Waals surface area (Å²) in [6.45, 7) is 2.61. The van der Waals surface area contributed by atoms with Crippen LogP contribution in [0.5, 0.6) is 11.5 Å². The fraction of sp³-hybridized carbons (Fsp3) is 0.259. The molecule has 0 saturated carbocycles. The Kier molecular flexibility index (Phi) is 12.3. The number of carbonyl (C=O) groups is 1. The maximum absolute atomic E-state index is 10.9. The van der Waals surface area contributed by atoms with Crippen LogP contribution in [0.3, 0.4) is 0 Å². The maximum Gasteiger partial charge on any atom is 1.00 e. The van der Waals surface area contributed by atoms with Gasteiger partial charge in [0.2, 0.25) is 0 Å². The van der Waals surface area contributed by atoms with Crippen molar-refractivity contribution in [1.29, 1.82) is 0 Å². The SMILES string of the molecule is COc1ccc(CCCCOc2ccc(CSc3ccccc3C)nc2/C=C/C(=O)[O-])cc1.[Na+]. The number of ether oxygens (including phenoxy) is 2. The van der Waals surface area contributed by atoms with Crippen molar-refractivity contribution in [3.63, 3.8) is 0 Å². The Morgan fingerprint density at radius 2 is 1.82 bits per heavy atom. The molecule has 0 amide bonds. The van der Waals surface area contributed by atoms with Gasteiger partial charge in [0.15, 0.2) is 0 Å². The predicted molar refractivity (Wildman–Crippen MR) is 130 cm³/mol. The molecule has 2 aromatic carbocycles. The van der Waals surface area contributed by atoms with Crippen LogP contribution in [-0.4, -0.2) is 24.7 Å². The monoisotopic (exact) mass is 485 g/mol. The number of carboxylic acids is 1. The van der Waals surface area contributed by atoms with Crippen LogP contribution in [0.4, 0.5) is 0 Å². The number of nitrogens with zero attached hydrogens (tertiary/aromatic N) is 1. The van der Waals surface area contributed by atoms with E-state index in [2.05, 4.69) is 36.2 Å². The van der Waals surface area contributed by atoms with Gasteiger partial charge in [-0.25, -0.2) is 4.98 Å². The first-order chi connectivity index (χ1) is 16.0. The smallest absolute Gasteiger partial charge is 0.545 e. The standard InChI is InChI=1S/C27H29NO4S.Na/c1-20-7-3-4-9-26(20)33-19-22-12-16-25(24(28-22)15-17-27(29)30)32-18-6-5-8-21-10-13-23(31-2)14-11-21;/h3-4,7,9-17H,5-6,8,18-19H2,1-2H3,(H,29,30);/q;+1/p-1/b17-15+;. The molecule has 0 atom stereocenters. The number of hydrogen-bond donors (Lipinski definition) is 0. The van der Waals surface area contributed by atoms with Crippen molar-refractivity contribution < 1.29 is 48.9 Å². The summed E-state index contributed by atoms with van der Waals surface area (Å²) >= 11 is 1.70. The van der Waals surface area contributed by atoms with Crippen LogP contribution in [0.1, 0.15) is 35.4 Å². The number of pyridine rings is 1. The average molecular weight is 486 g/mol. The topological polar surface area (TPSA) is 71.5 Å². The Hall–Kier alpha value is -2.25. The van der Waals surface area contributed by atoms with Crippen molar-refractivity contribution in [2.45, 2.75) is 36.8 Å². The molecule has 0 saturated heterocycles. The zero-order valence-electron chi connectivity index (χ0n) is 20.0. The molecule has 0 bridgehead atoms. The molecule has 172 valence electrons. The van der Waals surface area contributed by atoms with Gasteiger partial charge in [-0.15, -0.1) is 11.8 Å². The van der Waals surface area contributed by atoms with Crippen LogP contribution in [-0.2, 0) is 17.0 Å². The van der Waals surface area contributed by atoms with Crippen LogP contribution in [0, 0.1) is 6.92 Å². The molecular weight excluding hydrogens is 457 g/mol. The first-order valence-electron chi connectivity index (χ1n) is 10.9. The molecule has 3 aromatic rings. The summed E-state index contributed by atoms with van der Waals surface area (Å²) in [7, 11) is 1.66. The van der Waals surface area contributed by atoms with Gasteiger partial charge in [0.25, 0.3) is 0 Å². The van der Waals surface area contributed by atoms with Gasteiger partial charge in [-0.3, -0.25) is 0 Å². The van der Waals surface area contributed by atoms with E-state index >= 15 is 0 Å². The van der Waals surface area contributed by atoms with Gasteiger partial charge in [0.1, 0.15) is 17.2 Å². The molecule has 1 heterocycles. The zero-order chi connectivity index (χ0) is 23.5. The number of methoxy groups -OCH3 is 1. The molecule has 0 radical (unpaired) electrons. The van der Waals surface area contributed by atoms with Crippen molar-refractivity contribution in [3.8, 4) is 11.5 Å². The number of aromatic nitrogens is 1. The van der Waals surface area contributed by atoms with Crippen molar-refractivity contribution in [2.75, 3.05) is 13.7 Å². The van der Waals surface area contributed by atoms with E-state index in [1.54, 1.807) is 18.9 Å². The molecule has 0 spiro atoms. The number of thioether (sulfide) groups is 1. The Balaban J connectivity index is 0.00000408. The van der Waals surface area contributed by atoms with Gasteiger partial charge in [-0.2, -0.15) is 0 Å². The summed E-state index contributed by atoms with van der Waals surface area (Å²) in [4.78, 5) is 16.7. The summed E-state index contributed by atoms with van der Waals surface area (Å²) in [5.74, 6) is 0.843. The van der Waals surface area contributed by atoms with Crippen LogP contribution >= 0.6 is 11.8 Å². The Morgan fingerprint density at radius 1 is 1.06 bits per heavy atom. The minimum atomic E-state index is -1.26. The van der Waals surface area contributed by atoms with Gasteiger partial charge < -0.3 is 19.4 Å². The summed E-state index contributed by atoms with van der Waals surface area (Å²) in [6, 6.07) is 20.0. The van der Waals surface area contributed by atoms with Gasteiger partial charge in [-0.1, -0.05) is 30.3 Å². The third-order valence-corrected chi connectivity index (χ3v) is 6.28. The first kappa shape index (κ1) is 28.0. The van der Waals surface area contributed by atoms with Crippen molar-refractivity contribution in [2.24, 2.45) is 0 Å². The number of carboxylic acid groups (broad SMARTS) is 1. The molecule has 7 heteroatoms. The van der Waals surface area contributed by atoms with E-state index in [-0.39, 0.29) is 29.6 Å². The van der Waals surface area contributed by atoms with E-state index in [4.69, 9.17) is 9.47 Å². The van der Waals surface area contributed by atoms with Gasteiger partial charge >= 0.3 is 29.6 Å². The third-order valence-electron chi connectivity index (χ3n) is 5.07. The Labute approximate surface area is 227 Å². The number of hydrogen-bond acceptors (Lipinski definition) is 6. The van der Waals surface area contributed by atoms with Crippen molar-refractivity contribution >= 4 is 23.8 Å². The molecule has 0 aliphatic heterocycles. The predicted octanol–water partition coefficient (Wildman–Crippen LogP) is 1.86. The minimum absolute atomic E-state index is 0. The molecule has 3 rings (SSSR count). The number of unbranched alkanes of at least 4 members (excludes halogenated alkanes) is 1. The van der Waals surface area contributed by atoms with Crippen LogP contribution in [0.25, 0.3) is 6.08 Å². The molecule has 0 fully saturated rings. The summed E-state index contributed by atoms with van der Waals surface area (Å²) < 4.78 is 11.1. The molecule has 1 aromatic heterocycles. The molecule has 0 N–H and O–H groups in total. The van der Waals surface area contributed by atoms with E-state index in [1.807, 2.05) is 36.4 Å². The zero-order valence-corrected chi connectivity index (χ0v) is 22.8. The van der Waals surface area contributed by atoms with Crippen molar-refractivity contribution in [1.82, 2.24) is 4.98 Å². The molecule has 0 unspecified atom stereocenters. The fourth-order valence-electron chi connectivity index (χ4n) is 3.25. The fourth-order valence-corrected chi connectivity index (χ4v) is 4.18. The van der Waals surface area contributed by atoms with Gasteiger partial charge in [0.05, 0.1) is 25.4 Å². The number of aryl methyl sites for hydroxylation is 2. The molecule has 0 aliphatic rings. The molecule has 5 nitrogen and oxygen atoms in total. The largest absolute Gasteiger partial charge is 1.00 e. The number of aliphatic carboxylic acids is 1. The van der Waals surface area contributed by atoms with Gasteiger partial charge in [-0.05, 0) is 79.8 Å². The van der Waals surface area contributed by atoms with Crippen molar-refractivity contribution in [3.05, 3.63) is 89.3 Å². The second-order valence-corrected chi connectivity index (χ2v) is 8.56. The molecule has 0 aliphatic carbocycles. The van der Waals surface area contributed by atoms with E-state index in [1.165, 1.54) is 22.1 Å². The Bertz CT molecular complexity index is 1090. The minimum Gasteiger partial charge on any atom is -0.545 e. The second kappa shape index (κ2) is 14.9. The number of benzene rings is 2. The quantitative estimate of drug-likeness (QED) is 0.169. The van der Waals surface area contributed by atoms with Crippen LogP contribution in [0.2, 0.25) is 0 Å². The summed E-state index contributed by atoms with van der Waals surface area (Å²) in [5.41, 5.74) is 3.82. The molecular formula is C27H28NNaO4S. The number of carbonyl (C=O) groups excluding carboxylic acids is 1. The average Bonchev–Trinajstić information content (AvgIpc) is 2.83. The van der Waals surface area contributed by atoms with E-state index < -0.39 is 5.97 Å². The number of rotatable bonds is 12. The Morgan fingerprint density at radius 3 is 2.53 bits per heavy atom. The molecule has 34 heavy (non-hydrogen) atoms. The van der Waals surface area contributed by atoms with E-state index in [9.17, 15) is 9.90 Å². The summed E-state index contributed by atoms with van der Waals surface area (Å²) in [6.07, 6.45) is 5.23. The van der Waals surface area contributed by atoms with Gasteiger partial charge in [0, 0.05) is 10.6 Å². The second-order valence-electron chi connectivity index (χ2n) is 7.55. The summed E-state index contributed by atoms with van der Waals surface area (Å²) in [5, 5.41) is 10.9. The third kappa shape index (κ3) is 9.18. The maximum atomic E-state index is 10.9. The normalized spacial score (nSPS) is 10.6. The van der Waals surface area contributed by atoms with Crippen LogP contribution < -0.4 is 44.1 Å². The van der Waals surface area contributed by atoms with Crippen LogP contribution in [0.15, 0.2) is 71.6 Å². The first-order valence-corrected chi connectivity index (χ1v) is 11.9. The van der Waals surface area contributed by atoms with E-state index in [0.717, 1.165) is 36.8 Å².